The molecule has 2 aromatic carbocycles. The van der Waals surface area contributed by atoms with E-state index in [4.69, 9.17) is 15.2 Å². The van der Waals surface area contributed by atoms with Gasteiger partial charge in [0.15, 0.2) is 11.6 Å². The fourth-order valence-electron chi connectivity index (χ4n) is 6.52. The second-order valence-corrected chi connectivity index (χ2v) is 11.9. The maximum Gasteiger partial charge on any atom is 0.219 e. The smallest absolute Gasteiger partial charge is 0.219 e. The highest BCUT2D eigenvalue weighted by molar-refractivity contribution is 6.12. The zero-order valence-corrected chi connectivity index (χ0v) is 25.7. The fourth-order valence-corrected chi connectivity index (χ4v) is 6.52. The topological polar surface area (TPSA) is 115 Å². The molecule has 0 bridgehead atoms. The van der Waals surface area contributed by atoms with Gasteiger partial charge in [0.05, 0.1) is 42.6 Å². The first-order valence-corrected chi connectivity index (χ1v) is 15.4. The van der Waals surface area contributed by atoms with Crippen molar-refractivity contribution in [2.24, 2.45) is 0 Å². The molecule has 0 atom stereocenters. The van der Waals surface area contributed by atoms with Crippen molar-refractivity contribution in [3.63, 3.8) is 0 Å². The number of hydrogen-bond donors (Lipinski definition) is 2. The summed E-state index contributed by atoms with van der Waals surface area (Å²) in [6.07, 6.45) is 5.09. The fraction of sp³-hybridized carbons (Fsp3) is 0.324. The Bertz CT molecular complexity index is 1900. The summed E-state index contributed by atoms with van der Waals surface area (Å²) in [6.45, 7) is 9.49. The lowest BCUT2D eigenvalue weighted by atomic mass is 10.0. The van der Waals surface area contributed by atoms with Crippen molar-refractivity contribution in [3.05, 3.63) is 88.9 Å². The predicted octanol–water partition coefficient (Wildman–Crippen LogP) is 5.55. The van der Waals surface area contributed by atoms with Crippen molar-refractivity contribution in [2.45, 2.75) is 32.7 Å². The molecular weight excluding hydrogens is 592 g/mol. The Balaban J connectivity index is 1.08. The standard InChI is InChI=1S/C34H35F2N7O3/c1-20-14-22-16-28(40-27(22)17-29(20)42-8-6-23(7-9-42)41-10-12-45-13-11-41)32(44)24-18-39-43(34(24)37)30-19-38-31(15-21(30)2)46-33-25(35)4-3-5-26(33)36/h3-5,14-19,23,40H,6-13,37H2,1-2H3. The Morgan fingerprint density at radius 3 is 2.41 bits per heavy atom. The molecule has 7 rings (SSSR count). The first-order valence-electron chi connectivity index (χ1n) is 15.4. The molecule has 0 unspecified atom stereocenters. The van der Waals surface area contributed by atoms with Crippen LogP contribution in [0.3, 0.4) is 0 Å². The van der Waals surface area contributed by atoms with Gasteiger partial charge in [0.2, 0.25) is 17.4 Å². The summed E-state index contributed by atoms with van der Waals surface area (Å²) < 4.78 is 40.4. The lowest BCUT2D eigenvalue weighted by molar-refractivity contribution is 0.0115. The van der Waals surface area contributed by atoms with Gasteiger partial charge in [-0.15, -0.1) is 0 Å². The number of carbonyl (C=O) groups excluding carboxylic acids is 1. The maximum absolute atomic E-state index is 14.1. The molecule has 3 N–H and O–H groups in total. The third-order valence-corrected chi connectivity index (χ3v) is 9.01. The molecule has 46 heavy (non-hydrogen) atoms. The van der Waals surface area contributed by atoms with E-state index in [2.05, 4.69) is 43.9 Å². The number of aromatic amines is 1. The van der Waals surface area contributed by atoms with Crippen LogP contribution in [0.2, 0.25) is 0 Å². The van der Waals surface area contributed by atoms with Crippen molar-refractivity contribution in [1.29, 1.82) is 0 Å². The Labute approximate surface area is 264 Å². The summed E-state index contributed by atoms with van der Waals surface area (Å²) in [6, 6.07) is 11.7. The first-order chi connectivity index (χ1) is 22.3. The van der Waals surface area contributed by atoms with E-state index in [-0.39, 0.29) is 23.0 Å². The van der Waals surface area contributed by atoms with Crippen molar-refractivity contribution < 1.29 is 23.0 Å². The molecule has 0 saturated carbocycles. The van der Waals surface area contributed by atoms with Crippen LogP contribution >= 0.6 is 0 Å². The zero-order valence-electron chi connectivity index (χ0n) is 25.7. The largest absolute Gasteiger partial charge is 0.433 e. The summed E-state index contributed by atoms with van der Waals surface area (Å²) in [5, 5.41) is 5.30. The Kier molecular flexibility index (Phi) is 7.91. The van der Waals surface area contributed by atoms with E-state index in [0.717, 1.165) is 80.8 Å². The second kappa shape index (κ2) is 12.2. The van der Waals surface area contributed by atoms with Crippen LogP contribution in [-0.2, 0) is 4.74 Å². The summed E-state index contributed by atoms with van der Waals surface area (Å²) in [5.74, 6) is -2.36. The molecule has 0 amide bonds. The number of ketones is 1. The lowest BCUT2D eigenvalue weighted by Crippen LogP contribution is -2.49. The van der Waals surface area contributed by atoms with Gasteiger partial charge in [0.25, 0.3) is 0 Å². The van der Waals surface area contributed by atoms with Crippen LogP contribution < -0.4 is 15.4 Å². The second-order valence-electron chi connectivity index (χ2n) is 11.9. The van der Waals surface area contributed by atoms with Crippen molar-refractivity contribution in [3.8, 4) is 17.3 Å². The van der Waals surface area contributed by atoms with Gasteiger partial charge >= 0.3 is 0 Å². The molecule has 2 fully saturated rings. The van der Waals surface area contributed by atoms with Gasteiger partial charge in [0.1, 0.15) is 5.82 Å². The SMILES string of the molecule is Cc1cc2cc(C(=O)c3cnn(-c4cnc(Oc5c(F)cccc5F)cc4C)c3N)[nH]c2cc1N1CCC(N2CCOCC2)CC1. The average molecular weight is 628 g/mol. The molecule has 0 radical (unpaired) electrons. The molecule has 238 valence electrons. The molecule has 5 aromatic rings. The van der Waals surface area contributed by atoms with E-state index in [9.17, 15) is 13.6 Å². The number of fused-ring (bicyclic) bond motifs is 1. The number of nitrogens with zero attached hydrogens (tertiary/aromatic N) is 5. The minimum atomic E-state index is -0.838. The molecule has 5 heterocycles. The van der Waals surface area contributed by atoms with Crippen LogP contribution in [-0.4, -0.2) is 75.9 Å². The van der Waals surface area contributed by atoms with Gasteiger partial charge in [-0.1, -0.05) is 6.07 Å². The van der Waals surface area contributed by atoms with E-state index in [1.807, 2.05) is 6.07 Å². The molecule has 0 spiro atoms. The molecular formula is C34H35F2N7O3. The summed E-state index contributed by atoms with van der Waals surface area (Å²) in [7, 11) is 0. The number of rotatable bonds is 7. The number of piperidine rings is 1. The summed E-state index contributed by atoms with van der Waals surface area (Å²) in [5.41, 5.74) is 11.4. The van der Waals surface area contributed by atoms with Gasteiger partial charge < -0.3 is 25.1 Å². The molecule has 2 saturated heterocycles. The van der Waals surface area contributed by atoms with Crippen LogP contribution in [0.1, 0.15) is 40.0 Å². The number of para-hydroxylation sites is 1. The lowest BCUT2D eigenvalue weighted by Gasteiger charge is -2.41. The maximum atomic E-state index is 14.1. The molecule has 3 aromatic heterocycles. The number of aromatic nitrogens is 4. The number of aryl methyl sites for hydroxylation is 2. The molecule has 10 nitrogen and oxygen atoms in total. The number of carbonyl (C=O) groups is 1. The first kappa shape index (κ1) is 29.9. The number of nitrogens with two attached hydrogens (primary N) is 1. The van der Waals surface area contributed by atoms with Gasteiger partial charge in [-0.05, 0) is 68.1 Å². The van der Waals surface area contributed by atoms with Gasteiger partial charge in [-0.3, -0.25) is 9.69 Å². The van der Waals surface area contributed by atoms with Crippen LogP contribution in [0, 0.1) is 25.5 Å². The monoisotopic (exact) mass is 627 g/mol. The number of nitrogen functional groups attached to an aromatic ring is 1. The highest BCUT2D eigenvalue weighted by Crippen LogP contribution is 2.32. The van der Waals surface area contributed by atoms with E-state index in [0.29, 0.717) is 23.0 Å². The zero-order chi connectivity index (χ0) is 31.9. The van der Waals surface area contributed by atoms with Crippen LogP contribution in [0.5, 0.6) is 11.6 Å². The molecule has 0 aliphatic carbocycles. The number of nitrogens with one attached hydrogen (secondary N) is 1. The summed E-state index contributed by atoms with van der Waals surface area (Å²) >= 11 is 0. The normalized spacial score (nSPS) is 16.3. The van der Waals surface area contributed by atoms with Crippen molar-refractivity contribution in [2.75, 3.05) is 50.0 Å². The third kappa shape index (κ3) is 5.58. The van der Waals surface area contributed by atoms with Crippen LogP contribution in [0.25, 0.3) is 16.6 Å². The van der Waals surface area contributed by atoms with Crippen LogP contribution in [0.15, 0.2) is 54.9 Å². The Hall–Kier alpha value is -4.81. The van der Waals surface area contributed by atoms with E-state index in [1.165, 1.54) is 34.9 Å². The average Bonchev–Trinajstić information content (AvgIpc) is 3.65. The van der Waals surface area contributed by atoms with Gasteiger partial charge in [0, 0.05) is 54.9 Å². The van der Waals surface area contributed by atoms with E-state index < -0.39 is 17.4 Å². The number of anilines is 2. The minimum absolute atomic E-state index is 0.00138. The number of hydrogen-bond acceptors (Lipinski definition) is 8. The predicted molar refractivity (Wildman–Crippen MR) is 171 cm³/mol. The minimum Gasteiger partial charge on any atom is -0.433 e. The number of halogens is 2. The highest BCUT2D eigenvalue weighted by atomic mass is 19.1. The Morgan fingerprint density at radius 1 is 0.978 bits per heavy atom. The quantitative estimate of drug-likeness (QED) is 0.226. The van der Waals surface area contributed by atoms with Gasteiger partial charge in [-0.25, -0.2) is 18.4 Å². The van der Waals surface area contributed by atoms with Crippen molar-refractivity contribution >= 4 is 28.2 Å². The number of ether oxygens (including phenoxy) is 2. The Morgan fingerprint density at radius 2 is 1.70 bits per heavy atom. The number of morpholine rings is 1. The number of benzene rings is 2. The molecule has 12 heteroatoms. The van der Waals surface area contributed by atoms with Crippen LogP contribution in [0.4, 0.5) is 20.3 Å². The molecule has 2 aliphatic heterocycles. The number of pyridine rings is 1. The van der Waals surface area contributed by atoms with Crippen molar-refractivity contribution in [1.82, 2.24) is 24.6 Å². The number of H-pyrrole nitrogens is 1. The van der Waals surface area contributed by atoms with E-state index >= 15 is 0 Å². The molecule has 2 aliphatic rings. The van der Waals surface area contributed by atoms with Gasteiger partial charge in [-0.2, -0.15) is 5.10 Å². The third-order valence-electron chi connectivity index (χ3n) is 9.01. The van der Waals surface area contributed by atoms with E-state index in [1.54, 1.807) is 6.92 Å². The highest BCUT2D eigenvalue weighted by Gasteiger charge is 2.27. The summed E-state index contributed by atoms with van der Waals surface area (Å²) in [4.78, 5) is 26.1.